The molecule has 1 unspecified atom stereocenters. The Morgan fingerprint density at radius 2 is 2.35 bits per heavy atom. The molecule has 2 nitrogen and oxygen atoms in total. The fourth-order valence-corrected chi connectivity index (χ4v) is 2.73. The molecule has 1 heterocycles. The molecule has 0 saturated heterocycles. The van der Waals surface area contributed by atoms with Crippen molar-refractivity contribution < 1.29 is 5.11 Å². The van der Waals surface area contributed by atoms with Crippen LogP contribution in [-0.4, -0.2) is 17.3 Å². The van der Waals surface area contributed by atoms with Gasteiger partial charge in [-0.1, -0.05) is 24.6 Å². The van der Waals surface area contributed by atoms with Crippen molar-refractivity contribution in [1.29, 1.82) is 0 Å². The van der Waals surface area contributed by atoms with Crippen molar-refractivity contribution in [3.63, 3.8) is 0 Å². The molecule has 0 aliphatic carbocycles. The fourth-order valence-electron chi connectivity index (χ4n) is 1.67. The number of nitrogens with one attached hydrogen (secondary N) is 1. The molecule has 2 N–H and O–H groups in total. The zero-order valence-electron chi connectivity index (χ0n) is 10.2. The smallest absolute Gasteiger partial charge is 0.0931 e. The fraction of sp³-hybridized carbons (Fsp3) is 0.538. The number of thiophene rings is 1. The van der Waals surface area contributed by atoms with E-state index in [1.807, 2.05) is 19.1 Å². The minimum atomic E-state index is -0.609. The van der Waals surface area contributed by atoms with Gasteiger partial charge < -0.3 is 10.4 Å². The number of rotatable bonds is 8. The Bertz CT molecular complexity index is 353. The molecular formula is C13H20ClNOS. The molecular weight excluding hydrogens is 254 g/mol. The predicted molar refractivity (Wildman–Crippen MR) is 75.7 cm³/mol. The first-order valence-corrected chi connectivity index (χ1v) is 7.07. The second kappa shape index (κ2) is 7.17. The quantitative estimate of drug-likeness (QED) is 0.560. The minimum Gasteiger partial charge on any atom is -0.390 e. The van der Waals surface area contributed by atoms with Gasteiger partial charge in [-0.15, -0.1) is 17.9 Å². The van der Waals surface area contributed by atoms with Crippen LogP contribution in [0, 0.1) is 0 Å². The van der Waals surface area contributed by atoms with Gasteiger partial charge in [0.15, 0.2) is 0 Å². The highest BCUT2D eigenvalue weighted by atomic mass is 35.5. The van der Waals surface area contributed by atoms with Crippen molar-refractivity contribution >= 4 is 22.9 Å². The highest BCUT2D eigenvalue weighted by Crippen LogP contribution is 2.22. The normalized spacial score (nSPS) is 14.5. The lowest BCUT2D eigenvalue weighted by atomic mass is 9.93. The van der Waals surface area contributed by atoms with Crippen LogP contribution in [0.1, 0.15) is 31.1 Å². The van der Waals surface area contributed by atoms with Crippen molar-refractivity contribution in [2.24, 2.45) is 0 Å². The Hall–Kier alpha value is -0.350. The molecule has 17 heavy (non-hydrogen) atoms. The third kappa shape index (κ3) is 5.21. The van der Waals surface area contributed by atoms with E-state index in [1.54, 1.807) is 17.4 Å². The van der Waals surface area contributed by atoms with E-state index in [0.29, 0.717) is 6.42 Å². The monoisotopic (exact) mass is 273 g/mol. The van der Waals surface area contributed by atoms with Crippen molar-refractivity contribution in [1.82, 2.24) is 5.32 Å². The summed E-state index contributed by atoms with van der Waals surface area (Å²) in [5.41, 5.74) is -0.609. The van der Waals surface area contributed by atoms with E-state index in [4.69, 9.17) is 11.6 Å². The Morgan fingerprint density at radius 3 is 2.88 bits per heavy atom. The van der Waals surface area contributed by atoms with Crippen LogP contribution in [0.3, 0.4) is 0 Å². The highest BCUT2D eigenvalue weighted by molar-refractivity contribution is 7.16. The first kappa shape index (κ1) is 14.7. The van der Waals surface area contributed by atoms with Crippen LogP contribution in [-0.2, 0) is 6.54 Å². The zero-order valence-corrected chi connectivity index (χ0v) is 11.8. The zero-order chi connectivity index (χ0) is 12.7. The van der Waals surface area contributed by atoms with Gasteiger partial charge in [-0.3, -0.25) is 0 Å². The summed E-state index contributed by atoms with van der Waals surface area (Å²) in [7, 11) is 0. The summed E-state index contributed by atoms with van der Waals surface area (Å²) in [5.74, 6) is 0. The lowest BCUT2D eigenvalue weighted by Crippen LogP contribution is -2.31. The summed E-state index contributed by atoms with van der Waals surface area (Å²) >= 11 is 7.44. The molecule has 1 atom stereocenters. The summed E-state index contributed by atoms with van der Waals surface area (Å²) in [4.78, 5) is 1.22. The summed E-state index contributed by atoms with van der Waals surface area (Å²) in [6.45, 7) is 7.29. The Labute approximate surface area is 112 Å². The number of hydrogen-bond donors (Lipinski definition) is 2. The Balaban J connectivity index is 2.25. The first-order chi connectivity index (χ1) is 8.09. The minimum absolute atomic E-state index is 0.609. The van der Waals surface area contributed by atoms with Crippen LogP contribution in [0.25, 0.3) is 0 Å². The van der Waals surface area contributed by atoms with Crippen molar-refractivity contribution in [2.45, 2.75) is 38.3 Å². The number of aliphatic hydroxyl groups is 1. The van der Waals surface area contributed by atoms with Crippen molar-refractivity contribution in [3.05, 3.63) is 34.0 Å². The molecule has 1 rings (SSSR count). The van der Waals surface area contributed by atoms with Crippen LogP contribution in [0.5, 0.6) is 0 Å². The average molecular weight is 274 g/mol. The summed E-state index contributed by atoms with van der Waals surface area (Å²) in [5, 5.41) is 13.5. The molecule has 0 spiro atoms. The SMILES string of the molecule is C=CCC(O)(CC)CCNCc1ccc(Cl)s1. The van der Waals surface area contributed by atoms with Crippen LogP contribution in [0.4, 0.5) is 0 Å². The molecule has 4 heteroatoms. The van der Waals surface area contributed by atoms with E-state index >= 15 is 0 Å². The predicted octanol–water partition coefficient (Wildman–Crippen LogP) is 3.60. The van der Waals surface area contributed by atoms with Crippen LogP contribution in [0.15, 0.2) is 24.8 Å². The first-order valence-electron chi connectivity index (χ1n) is 5.88. The van der Waals surface area contributed by atoms with E-state index in [-0.39, 0.29) is 0 Å². The largest absolute Gasteiger partial charge is 0.390 e. The topological polar surface area (TPSA) is 32.3 Å². The van der Waals surface area contributed by atoms with E-state index in [9.17, 15) is 5.11 Å². The molecule has 0 aliphatic heterocycles. The summed E-state index contributed by atoms with van der Waals surface area (Å²) < 4.78 is 0.818. The second-order valence-corrected chi connectivity index (χ2v) is 6.00. The van der Waals surface area contributed by atoms with Gasteiger partial charge in [0.1, 0.15) is 0 Å². The van der Waals surface area contributed by atoms with Gasteiger partial charge in [-0.05, 0) is 37.9 Å². The lowest BCUT2D eigenvalue weighted by molar-refractivity contribution is 0.0308. The van der Waals surface area contributed by atoms with E-state index < -0.39 is 5.60 Å². The third-order valence-electron chi connectivity index (χ3n) is 2.88. The van der Waals surface area contributed by atoms with Gasteiger partial charge >= 0.3 is 0 Å². The Kier molecular flexibility index (Phi) is 6.20. The van der Waals surface area contributed by atoms with E-state index in [2.05, 4.69) is 11.9 Å². The number of halogens is 1. The standard InChI is InChI=1S/C13H20ClNOS/c1-3-7-13(16,4-2)8-9-15-10-11-5-6-12(14)17-11/h3,5-6,15-16H,1,4,7-10H2,2H3. The molecule has 96 valence electrons. The number of hydrogen-bond acceptors (Lipinski definition) is 3. The third-order valence-corrected chi connectivity index (χ3v) is 4.11. The molecule has 1 aromatic rings. The van der Waals surface area contributed by atoms with Gasteiger partial charge in [0.05, 0.1) is 9.94 Å². The van der Waals surface area contributed by atoms with Gasteiger partial charge in [-0.25, -0.2) is 0 Å². The van der Waals surface area contributed by atoms with Gasteiger partial charge in [0.2, 0.25) is 0 Å². The maximum atomic E-state index is 10.2. The molecule has 0 aromatic carbocycles. The maximum absolute atomic E-state index is 10.2. The second-order valence-electron chi connectivity index (χ2n) is 4.20. The lowest BCUT2D eigenvalue weighted by Gasteiger charge is -2.25. The summed E-state index contributed by atoms with van der Waals surface area (Å²) in [6.07, 6.45) is 3.93. The summed E-state index contributed by atoms with van der Waals surface area (Å²) in [6, 6.07) is 3.93. The molecule has 0 saturated carbocycles. The highest BCUT2D eigenvalue weighted by Gasteiger charge is 2.21. The Morgan fingerprint density at radius 1 is 1.59 bits per heavy atom. The van der Waals surface area contributed by atoms with E-state index in [0.717, 1.165) is 30.3 Å². The van der Waals surface area contributed by atoms with Gasteiger partial charge in [0, 0.05) is 11.4 Å². The van der Waals surface area contributed by atoms with E-state index in [1.165, 1.54) is 4.88 Å². The maximum Gasteiger partial charge on any atom is 0.0931 e. The van der Waals surface area contributed by atoms with Gasteiger partial charge in [0.25, 0.3) is 0 Å². The molecule has 0 aliphatic rings. The van der Waals surface area contributed by atoms with Crippen molar-refractivity contribution in [3.8, 4) is 0 Å². The average Bonchev–Trinajstić information content (AvgIpc) is 2.71. The molecule has 0 bridgehead atoms. The molecule has 0 fully saturated rings. The molecule has 0 radical (unpaired) electrons. The van der Waals surface area contributed by atoms with Crippen molar-refractivity contribution in [2.75, 3.05) is 6.54 Å². The van der Waals surface area contributed by atoms with Crippen LogP contribution in [0.2, 0.25) is 4.34 Å². The molecule has 1 aromatic heterocycles. The molecule has 0 amide bonds. The van der Waals surface area contributed by atoms with Crippen LogP contribution < -0.4 is 5.32 Å². The van der Waals surface area contributed by atoms with Crippen LogP contribution >= 0.6 is 22.9 Å². The van der Waals surface area contributed by atoms with Gasteiger partial charge in [-0.2, -0.15) is 0 Å².